The molecule has 6 heteroatoms. The Labute approximate surface area is 206 Å². The van der Waals surface area contributed by atoms with Crippen molar-refractivity contribution in [3.05, 3.63) is 90.0 Å². The summed E-state index contributed by atoms with van der Waals surface area (Å²) in [7, 11) is 0. The van der Waals surface area contributed by atoms with Crippen LogP contribution in [0.15, 0.2) is 78.9 Å². The van der Waals surface area contributed by atoms with E-state index in [2.05, 4.69) is 5.32 Å². The van der Waals surface area contributed by atoms with E-state index in [9.17, 15) is 14.4 Å². The Morgan fingerprint density at radius 3 is 1.71 bits per heavy atom. The van der Waals surface area contributed by atoms with Gasteiger partial charge in [-0.2, -0.15) is 0 Å². The number of hydrogen-bond donors (Lipinski definition) is 1. The molecule has 3 aromatic carbocycles. The summed E-state index contributed by atoms with van der Waals surface area (Å²) in [4.78, 5) is 41.6. The van der Waals surface area contributed by atoms with Gasteiger partial charge in [-0.25, -0.2) is 10.0 Å². The summed E-state index contributed by atoms with van der Waals surface area (Å²) >= 11 is 0. The molecule has 1 aliphatic heterocycles. The number of benzene rings is 3. The molecular weight excluding hydrogens is 438 g/mol. The Bertz CT molecular complexity index is 1150. The van der Waals surface area contributed by atoms with Crippen LogP contribution in [0.4, 0.5) is 17.1 Å². The van der Waals surface area contributed by atoms with E-state index >= 15 is 0 Å². The fourth-order valence-corrected chi connectivity index (χ4v) is 4.68. The van der Waals surface area contributed by atoms with Crippen molar-refractivity contribution in [1.29, 1.82) is 0 Å². The molecule has 1 N–H and O–H groups in total. The van der Waals surface area contributed by atoms with Gasteiger partial charge in [-0.05, 0) is 55.7 Å². The second-order valence-electron chi connectivity index (χ2n) is 9.08. The van der Waals surface area contributed by atoms with E-state index in [0.717, 1.165) is 23.2 Å². The van der Waals surface area contributed by atoms with Crippen LogP contribution in [-0.2, 0) is 14.4 Å². The topological polar surface area (TPSA) is 69.7 Å². The molecule has 6 nitrogen and oxygen atoms in total. The number of hydrogen-bond acceptors (Lipinski definition) is 3. The number of hydrazine groups is 1. The normalized spacial score (nSPS) is 14.9. The number of nitrogens with one attached hydrogen (secondary N) is 1. The minimum atomic E-state index is -1.48. The van der Waals surface area contributed by atoms with E-state index in [0.29, 0.717) is 24.2 Å². The van der Waals surface area contributed by atoms with Crippen molar-refractivity contribution < 1.29 is 14.4 Å². The number of carbonyl (C=O) groups excluding carboxylic acids is 3. The summed E-state index contributed by atoms with van der Waals surface area (Å²) in [6, 6.07) is 24.0. The Balaban J connectivity index is 1.76. The van der Waals surface area contributed by atoms with Gasteiger partial charge in [0.05, 0.1) is 17.8 Å². The molecule has 0 saturated carbocycles. The summed E-state index contributed by atoms with van der Waals surface area (Å²) in [5.74, 6) is -1.09. The van der Waals surface area contributed by atoms with Crippen LogP contribution in [-0.4, -0.2) is 17.7 Å². The number of rotatable bonds is 8. The van der Waals surface area contributed by atoms with E-state index in [1.54, 1.807) is 24.3 Å². The number of carbonyl (C=O) groups is 3. The number of amides is 3. The first-order chi connectivity index (χ1) is 16.9. The SMILES string of the molecule is CCCCC1(CC(=O)Nc2c(C)cccc2C)C(=O)N(c2ccccc2)N(c2ccccc2)C1=O. The van der Waals surface area contributed by atoms with Crippen molar-refractivity contribution in [1.82, 2.24) is 0 Å². The molecule has 1 aliphatic rings. The monoisotopic (exact) mass is 469 g/mol. The summed E-state index contributed by atoms with van der Waals surface area (Å²) in [5, 5.41) is 5.84. The predicted molar refractivity (Wildman–Crippen MR) is 139 cm³/mol. The predicted octanol–water partition coefficient (Wildman–Crippen LogP) is 5.80. The molecule has 4 rings (SSSR count). The van der Waals surface area contributed by atoms with Gasteiger partial charge in [0.1, 0.15) is 5.41 Å². The molecule has 1 heterocycles. The molecule has 0 atom stereocenters. The van der Waals surface area contributed by atoms with Crippen LogP contribution in [0, 0.1) is 19.3 Å². The summed E-state index contributed by atoms with van der Waals surface area (Å²) in [5.41, 5.74) is 2.28. The lowest BCUT2D eigenvalue weighted by molar-refractivity contribution is -0.139. The smallest absolute Gasteiger partial charge is 0.262 e. The minimum Gasteiger partial charge on any atom is -0.326 e. The summed E-state index contributed by atoms with van der Waals surface area (Å²) < 4.78 is 0. The molecular formula is C29H31N3O3. The van der Waals surface area contributed by atoms with Gasteiger partial charge < -0.3 is 5.32 Å². The first kappa shape index (κ1) is 24.2. The Kier molecular flexibility index (Phi) is 7.01. The third kappa shape index (κ3) is 4.56. The third-order valence-electron chi connectivity index (χ3n) is 6.57. The highest BCUT2D eigenvalue weighted by Gasteiger charge is 2.59. The first-order valence-corrected chi connectivity index (χ1v) is 12.0. The van der Waals surface area contributed by atoms with Crippen molar-refractivity contribution in [2.75, 3.05) is 15.3 Å². The molecule has 0 aromatic heterocycles. The van der Waals surface area contributed by atoms with E-state index in [-0.39, 0.29) is 24.1 Å². The highest BCUT2D eigenvalue weighted by Crippen LogP contribution is 2.44. The number of aryl methyl sites for hydroxylation is 2. The molecule has 3 amide bonds. The molecule has 1 saturated heterocycles. The number of anilines is 3. The van der Waals surface area contributed by atoms with Crippen LogP contribution in [0.5, 0.6) is 0 Å². The molecule has 1 fully saturated rings. The fraction of sp³-hybridized carbons (Fsp3) is 0.276. The van der Waals surface area contributed by atoms with Gasteiger partial charge in [0.15, 0.2) is 0 Å². The van der Waals surface area contributed by atoms with Crippen LogP contribution in [0.25, 0.3) is 0 Å². The quantitative estimate of drug-likeness (QED) is 0.424. The van der Waals surface area contributed by atoms with Gasteiger partial charge >= 0.3 is 0 Å². The van der Waals surface area contributed by atoms with E-state index < -0.39 is 5.41 Å². The summed E-state index contributed by atoms with van der Waals surface area (Å²) in [6.07, 6.45) is 1.54. The lowest BCUT2D eigenvalue weighted by Crippen LogP contribution is -2.41. The van der Waals surface area contributed by atoms with Crippen molar-refractivity contribution in [3.8, 4) is 0 Å². The second-order valence-corrected chi connectivity index (χ2v) is 9.08. The minimum absolute atomic E-state index is 0.217. The highest BCUT2D eigenvalue weighted by atomic mass is 16.2. The first-order valence-electron chi connectivity index (χ1n) is 12.0. The summed E-state index contributed by atoms with van der Waals surface area (Å²) in [6.45, 7) is 5.86. The molecule has 0 spiro atoms. The van der Waals surface area contributed by atoms with Gasteiger partial charge in [0, 0.05) is 5.69 Å². The average molecular weight is 470 g/mol. The van der Waals surface area contributed by atoms with Gasteiger partial charge in [0.25, 0.3) is 11.8 Å². The molecule has 3 aromatic rings. The molecule has 0 bridgehead atoms. The Hall–Kier alpha value is -3.93. The zero-order chi connectivity index (χ0) is 25.0. The second kappa shape index (κ2) is 10.1. The Morgan fingerprint density at radius 1 is 0.771 bits per heavy atom. The van der Waals surface area contributed by atoms with Crippen LogP contribution < -0.4 is 15.3 Å². The number of unbranched alkanes of at least 4 members (excludes halogenated alkanes) is 1. The average Bonchev–Trinajstić information content (AvgIpc) is 3.08. The Morgan fingerprint density at radius 2 is 1.26 bits per heavy atom. The molecule has 0 radical (unpaired) electrons. The fourth-order valence-electron chi connectivity index (χ4n) is 4.68. The maximum absolute atomic E-state index is 14.1. The van der Waals surface area contributed by atoms with Gasteiger partial charge in [-0.3, -0.25) is 14.4 Å². The number of para-hydroxylation sites is 3. The van der Waals surface area contributed by atoms with Gasteiger partial charge in [0.2, 0.25) is 5.91 Å². The van der Waals surface area contributed by atoms with Crippen molar-refractivity contribution in [2.24, 2.45) is 5.41 Å². The maximum Gasteiger partial charge on any atom is 0.262 e. The van der Waals surface area contributed by atoms with Crippen LogP contribution in [0.3, 0.4) is 0 Å². The molecule has 35 heavy (non-hydrogen) atoms. The van der Waals surface area contributed by atoms with Gasteiger partial charge in [-0.1, -0.05) is 74.4 Å². The standard InChI is InChI=1S/C29H31N3O3/c1-4-5-19-29(20-25(33)30-26-21(2)13-12-14-22(26)3)27(34)31(23-15-8-6-9-16-23)32(28(29)35)24-17-10-7-11-18-24/h6-18H,4-5,19-20H2,1-3H3,(H,30,33). The number of nitrogens with zero attached hydrogens (tertiary/aromatic N) is 2. The van der Waals surface area contributed by atoms with E-state index in [1.165, 1.54) is 10.0 Å². The van der Waals surface area contributed by atoms with E-state index in [1.807, 2.05) is 75.4 Å². The highest BCUT2D eigenvalue weighted by molar-refractivity contribution is 6.27. The lowest BCUT2D eigenvalue weighted by atomic mass is 9.78. The van der Waals surface area contributed by atoms with Crippen molar-refractivity contribution in [3.63, 3.8) is 0 Å². The van der Waals surface area contributed by atoms with Crippen LogP contribution in [0.2, 0.25) is 0 Å². The van der Waals surface area contributed by atoms with Crippen molar-refractivity contribution in [2.45, 2.75) is 46.5 Å². The largest absolute Gasteiger partial charge is 0.326 e. The maximum atomic E-state index is 14.1. The third-order valence-corrected chi connectivity index (χ3v) is 6.57. The van der Waals surface area contributed by atoms with Crippen LogP contribution >= 0.6 is 0 Å². The molecule has 0 unspecified atom stereocenters. The van der Waals surface area contributed by atoms with Crippen LogP contribution in [0.1, 0.15) is 43.7 Å². The van der Waals surface area contributed by atoms with E-state index in [4.69, 9.17) is 0 Å². The zero-order valence-electron chi connectivity index (χ0n) is 20.5. The zero-order valence-corrected chi connectivity index (χ0v) is 20.5. The molecule has 180 valence electrons. The molecule has 0 aliphatic carbocycles. The lowest BCUT2D eigenvalue weighted by Gasteiger charge is -2.27. The van der Waals surface area contributed by atoms with Gasteiger partial charge in [-0.15, -0.1) is 0 Å². The van der Waals surface area contributed by atoms with Crippen molar-refractivity contribution >= 4 is 34.8 Å².